The summed E-state index contributed by atoms with van der Waals surface area (Å²) in [6, 6.07) is 20.8. The van der Waals surface area contributed by atoms with Gasteiger partial charge in [-0.15, -0.1) is 40.5 Å². The first-order valence-corrected chi connectivity index (χ1v) is 19.7. The van der Waals surface area contributed by atoms with Crippen molar-refractivity contribution in [2.24, 2.45) is 17.3 Å². The van der Waals surface area contributed by atoms with E-state index in [9.17, 15) is 23.1 Å². The number of aromatic nitrogens is 1. The Balaban J connectivity index is 0.000000433. The molecule has 3 nitrogen and oxygen atoms in total. The molecule has 2 aromatic heterocycles. The number of hydrogen-bond donors (Lipinski definition) is 1. The zero-order chi connectivity index (χ0) is 40.2. The van der Waals surface area contributed by atoms with Crippen LogP contribution in [0.3, 0.4) is 0 Å². The summed E-state index contributed by atoms with van der Waals surface area (Å²) < 4.78 is 56.1. The molecule has 0 atom stereocenters. The SMILES string of the molecule is CCC(CC)C(=O)/C=C(\O)C(CC)CC.Cc1c(-c2ccc(CC(C)(C)C(F)(F)F)cc2)sc2c(-c3[c-]c4ccccc4c(C(C)(C)C)c3)ncc(F)c12.[Ir]. The van der Waals surface area contributed by atoms with Crippen LogP contribution in [0.4, 0.5) is 17.6 Å². The fourth-order valence-corrected chi connectivity index (χ4v) is 8.15. The van der Waals surface area contributed by atoms with Crippen LogP contribution in [0, 0.1) is 36.1 Å². The number of aliphatic hydroxyl groups is 1. The number of fused-ring (bicyclic) bond motifs is 2. The van der Waals surface area contributed by atoms with E-state index < -0.39 is 17.4 Å². The second-order valence-corrected chi connectivity index (χ2v) is 16.9. The molecule has 1 radical (unpaired) electrons. The Morgan fingerprint density at radius 1 is 0.909 bits per heavy atom. The molecule has 5 rings (SSSR count). The van der Waals surface area contributed by atoms with Gasteiger partial charge in [0.15, 0.2) is 5.78 Å². The van der Waals surface area contributed by atoms with E-state index in [-0.39, 0.29) is 55.3 Å². The number of alkyl halides is 3. The van der Waals surface area contributed by atoms with E-state index in [0.717, 1.165) is 68.3 Å². The van der Waals surface area contributed by atoms with E-state index in [1.807, 2.05) is 65.0 Å². The summed E-state index contributed by atoms with van der Waals surface area (Å²) in [4.78, 5) is 17.1. The molecule has 9 heteroatoms. The summed E-state index contributed by atoms with van der Waals surface area (Å²) in [5, 5.41) is 12.4. The number of allylic oxidation sites excluding steroid dienone is 2. The van der Waals surface area contributed by atoms with Gasteiger partial charge in [-0.1, -0.05) is 116 Å². The Hall–Kier alpha value is -3.39. The van der Waals surface area contributed by atoms with Gasteiger partial charge in [0.2, 0.25) is 0 Å². The van der Waals surface area contributed by atoms with Gasteiger partial charge in [0.1, 0.15) is 5.82 Å². The number of carbonyl (C=O) groups excluding carboxylic acids is 1. The first-order chi connectivity index (χ1) is 25.3. The van der Waals surface area contributed by atoms with Crippen molar-refractivity contribution in [3.05, 3.63) is 101 Å². The van der Waals surface area contributed by atoms with Gasteiger partial charge in [-0.2, -0.15) is 13.2 Å². The van der Waals surface area contributed by atoms with Gasteiger partial charge in [0, 0.05) is 58.7 Å². The summed E-state index contributed by atoms with van der Waals surface area (Å²) in [5.41, 5.74) is 2.93. The molecule has 0 aliphatic heterocycles. The van der Waals surface area contributed by atoms with E-state index in [1.54, 1.807) is 12.1 Å². The van der Waals surface area contributed by atoms with E-state index in [1.165, 1.54) is 37.5 Å². The molecule has 0 aliphatic rings. The average Bonchev–Trinajstić information content (AvgIpc) is 3.46. The van der Waals surface area contributed by atoms with Crippen LogP contribution in [-0.2, 0) is 36.7 Å². The zero-order valence-corrected chi connectivity index (χ0v) is 36.8. The van der Waals surface area contributed by atoms with Gasteiger partial charge < -0.3 is 5.11 Å². The van der Waals surface area contributed by atoms with Crippen LogP contribution in [-0.4, -0.2) is 22.1 Å². The largest absolute Gasteiger partial charge is 0.512 e. The number of benzene rings is 3. The van der Waals surface area contributed by atoms with Gasteiger partial charge in [0.25, 0.3) is 0 Å². The number of hydrogen-bond acceptors (Lipinski definition) is 4. The molecule has 1 N–H and O–H groups in total. The smallest absolute Gasteiger partial charge is 0.394 e. The van der Waals surface area contributed by atoms with Crippen LogP contribution in [0.5, 0.6) is 0 Å². The van der Waals surface area contributed by atoms with E-state index >= 15 is 4.39 Å². The maximum Gasteiger partial charge on any atom is 0.394 e. The minimum atomic E-state index is -4.29. The second kappa shape index (κ2) is 18.7. The van der Waals surface area contributed by atoms with Crippen LogP contribution < -0.4 is 0 Å². The van der Waals surface area contributed by atoms with Crippen molar-refractivity contribution in [1.82, 2.24) is 4.98 Å². The summed E-state index contributed by atoms with van der Waals surface area (Å²) in [6.45, 7) is 18.9. The summed E-state index contributed by atoms with van der Waals surface area (Å²) in [7, 11) is 0. The number of carbonyl (C=O) groups is 1. The molecule has 55 heavy (non-hydrogen) atoms. The molecule has 0 amide bonds. The van der Waals surface area contributed by atoms with E-state index in [2.05, 4.69) is 44.0 Å². The third-order valence-corrected chi connectivity index (χ3v) is 11.8. The molecule has 0 fully saturated rings. The van der Waals surface area contributed by atoms with Crippen molar-refractivity contribution in [2.45, 2.75) is 113 Å². The molecular formula is C46H54F4IrNO2S-. The van der Waals surface area contributed by atoms with Gasteiger partial charge in [-0.3, -0.25) is 9.78 Å². The Kier molecular flexibility index (Phi) is 15.6. The van der Waals surface area contributed by atoms with Crippen LogP contribution >= 0.6 is 11.3 Å². The maximum absolute atomic E-state index is 15.2. The maximum atomic E-state index is 15.2. The van der Waals surface area contributed by atoms with Crippen molar-refractivity contribution in [3.8, 4) is 21.7 Å². The number of halogens is 4. The van der Waals surface area contributed by atoms with Crippen molar-refractivity contribution in [1.29, 1.82) is 0 Å². The molecule has 5 aromatic rings. The number of ketones is 1. The number of aryl methyl sites for hydroxylation is 1. The molecule has 0 spiro atoms. The molecule has 0 aliphatic carbocycles. The fraction of sp³-hybridized carbons (Fsp3) is 0.435. The molecule has 299 valence electrons. The monoisotopic (exact) mass is 953 g/mol. The predicted molar refractivity (Wildman–Crippen MR) is 218 cm³/mol. The topological polar surface area (TPSA) is 50.2 Å². The Morgan fingerprint density at radius 2 is 1.49 bits per heavy atom. The van der Waals surface area contributed by atoms with E-state index in [4.69, 9.17) is 0 Å². The first kappa shape index (κ1) is 46.0. The molecule has 2 heterocycles. The van der Waals surface area contributed by atoms with Gasteiger partial charge in [0.05, 0.1) is 17.4 Å². The number of nitrogens with zero attached hydrogens (tertiary/aromatic N) is 1. The van der Waals surface area contributed by atoms with Crippen LogP contribution in [0.25, 0.3) is 42.6 Å². The number of thiophene rings is 1. The average molecular weight is 953 g/mol. The molecule has 0 saturated carbocycles. The van der Waals surface area contributed by atoms with Crippen molar-refractivity contribution >= 4 is 38.0 Å². The fourth-order valence-electron chi connectivity index (χ4n) is 6.82. The zero-order valence-electron chi connectivity index (χ0n) is 33.6. The number of aliphatic hydroxyl groups excluding tert-OH is 1. The first-order valence-electron chi connectivity index (χ1n) is 18.9. The summed E-state index contributed by atoms with van der Waals surface area (Å²) in [6.07, 6.45) is 1.77. The van der Waals surface area contributed by atoms with Crippen molar-refractivity contribution < 1.29 is 47.6 Å². The van der Waals surface area contributed by atoms with Crippen LogP contribution in [0.15, 0.2) is 72.6 Å². The minimum absolute atomic E-state index is 0. The third-order valence-electron chi connectivity index (χ3n) is 10.5. The summed E-state index contributed by atoms with van der Waals surface area (Å²) in [5.74, 6) is 0.153. The quantitative estimate of drug-likeness (QED) is 0.0621. The second-order valence-electron chi connectivity index (χ2n) is 15.9. The number of pyridine rings is 1. The Bertz CT molecular complexity index is 2100. The third kappa shape index (κ3) is 10.5. The Morgan fingerprint density at radius 3 is 2.04 bits per heavy atom. The molecule has 0 bridgehead atoms. The molecule has 0 saturated heterocycles. The van der Waals surface area contributed by atoms with Crippen molar-refractivity contribution in [3.63, 3.8) is 0 Å². The van der Waals surface area contributed by atoms with Gasteiger partial charge >= 0.3 is 6.18 Å². The summed E-state index contributed by atoms with van der Waals surface area (Å²) >= 11 is 1.45. The van der Waals surface area contributed by atoms with E-state index in [0.29, 0.717) is 16.6 Å². The normalized spacial score (nSPS) is 12.6. The molecule has 0 unspecified atom stereocenters. The van der Waals surface area contributed by atoms with Crippen LogP contribution in [0.2, 0.25) is 0 Å². The van der Waals surface area contributed by atoms with Crippen molar-refractivity contribution in [2.75, 3.05) is 0 Å². The molecule has 3 aromatic carbocycles. The molecular weight excluding hydrogens is 899 g/mol. The standard InChI is InChI=1S/C33H30F4NS.C13H24O2.Ir/c1-19-27-26(34)18-38-28(23-15-22-9-7-8-10-24(22)25(16-23)31(2,3)4)30(27)39-29(19)21-13-11-20(12-14-21)17-32(5,6)33(35,36)37;1-5-10(6-2)12(14)9-13(15)11(7-3)8-4;/h7-14,16,18H,17H2,1-6H3;9-11,14H,5-8H2,1-4H3;/q-1;;/b;12-9-;. The van der Waals surface area contributed by atoms with Gasteiger partial charge in [-0.25, -0.2) is 4.39 Å². The number of rotatable bonds is 11. The van der Waals surface area contributed by atoms with Gasteiger partial charge in [-0.05, 0) is 61.1 Å². The Labute approximate surface area is 342 Å². The minimum Gasteiger partial charge on any atom is -0.512 e. The van der Waals surface area contributed by atoms with Crippen LogP contribution in [0.1, 0.15) is 105 Å². The predicted octanol–water partition coefficient (Wildman–Crippen LogP) is 14.3.